The molecular weight excluding hydrogens is 739 g/mol. The van der Waals surface area contributed by atoms with E-state index in [4.69, 9.17) is 10.1 Å². The van der Waals surface area contributed by atoms with E-state index in [0.717, 1.165) is 70.6 Å². The Kier molecular flexibility index (Phi) is 12.2. The molecule has 300 valence electrons. The molecule has 1 saturated carbocycles. The summed E-state index contributed by atoms with van der Waals surface area (Å²) in [5.74, 6) is 1.23. The van der Waals surface area contributed by atoms with Crippen LogP contribution < -0.4 is 20.1 Å². The zero-order chi connectivity index (χ0) is 40.1. The molecule has 7 rings (SSSR count). The molecule has 1 atom stereocenters. The number of methoxy groups -OCH3 is 1. The highest BCUT2D eigenvalue weighted by Crippen LogP contribution is 2.30. The van der Waals surface area contributed by atoms with Gasteiger partial charge in [-0.3, -0.25) is 19.7 Å². The van der Waals surface area contributed by atoms with Gasteiger partial charge in [-0.05, 0) is 117 Å². The largest absolute Gasteiger partial charge is 0.497 e. The number of aromatic nitrogens is 1. The maximum atomic E-state index is 14.3. The molecule has 1 aromatic heterocycles. The molecule has 57 heavy (non-hydrogen) atoms. The number of benzene rings is 4. The molecule has 1 unspecified atom stereocenters. The van der Waals surface area contributed by atoms with E-state index in [2.05, 4.69) is 34.4 Å². The molecule has 4 aromatic carbocycles. The number of nitrogens with zero attached hydrogens (tertiary/aromatic N) is 3. The van der Waals surface area contributed by atoms with Crippen molar-refractivity contribution in [2.75, 3.05) is 52.1 Å². The molecule has 2 fully saturated rings. The van der Waals surface area contributed by atoms with Gasteiger partial charge in [0.05, 0.1) is 18.3 Å². The highest BCUT2D eigenvalue weighted by Gasteiger charge is 2.32. The summed E-state index contributed by atoms with van der Waals surface area (Å²) < 4.78 is 37.5. The summed E-state index contributed by atoms with van der Waals surface area (Å²) in [5, 5.41) is 17.3. The Hall–Kier alpha value is -5.40. The lowest BCUT2D eigenvalue weighted by molar-refractivity contribution is -0.132. The Balaban J connectivity index is 1.10. The van der Waals surface area contributed by atoms with Crippen molar-refractivity contribution in [3.63, 3.8) is 0 Å². The predicted octanol–water partition coefficient (Wildman–Crippen LogP) is 6.25. The molecule has 0 spiro atoms. The van der Waals surface area contributed by atoms with Crippen molar-refractivity contribution in [2.24, 2.45) is 11.8 Å². The first-order chi connectivity index (χ1) is 27.5. The van der Waals surface area contributed by atoms with Crippen molar-refractivity contribution >= 4 is 55.2 Å². The maximum Gasteiger partial charge on any atom is 0.328 e. The maximum absolute atomic E-state index is 14.3. The third-order valence-corrected chi connectivity index (χ3v) is 12.7. The van der Waals surface area contributed by atoms with Crippen molar-refractivity contribution in [2.45, 2.75) is 51.0 Å². The fourth-order valence-electron chi connectivity index (χ4n) is 8.28. The second-order valence-electron chi connectivity index (χ2n) is 15.8. The number of amidine groups is 1. The lowest BCUT2D eigenvalue weighted by Gasteiger charge is -2.30. The van der Waals surface area contributed by atoms with Gasteiger partial charge in [0.2, 0.25) is 5.91 Å². The Morgan fingerprint density at radius 3 is 2.26 bits per heavy atom. The molecule has 0 bridgehead atoms. The van der Waals surface area contributed by atoms with E-state index in [9.17, 15) is 18.0 Å². The SMILES string of the molecule is COc1ccc2c(c1)cc(C(=O)NC(Cc1ccc(C(=N)NC[C@H]3CC[C@H](CN(C)C)CC3)cc1)C(=O)N1CCCC1)n2S(=O)(=O)Nc1ccc2ccccc2c1. The van der Waals surface area contributed by atoms with Gasteiger partial charge in [0.15, 0.2) is 0 Å². The van der Waals surface area contributed by atoms with Crippen molar-refractivity contribution in [1.29, 1.82) is 5.41 Å². The van der Waals surface area contributed by atoms with Crippen LogP contribution in [0.2, 0.25) is 0 Å². The summed E-state index contributed by atoms with van der Waals surface area (Å²) in [6.07, 6.45) is 6.71. The van der Waals surface area contributed by atoms with Crippen LogP contribution in [0.1, 0.15) is 60.1 Å². The number of hydrogen-bond acceptors (Lipinski definition) is 7. The number of anilines is 1. The minimum atomic E-state index is -4.38. The van der Waals surface area contributed by atoms with Crippen LogP contribution in [0.3, 0.4) is 0 Å². The van der Waals surface area contributed by atoms with E-state index in [1.807, 2.05) is 54.6 Å². The Bertz CT molecular complexity index is 2340. The lowest BCUT2D eigenvalue weighted by Crippen LogP contribution is -2.49. The summed E-state index contributed by atoms with van der Waals surface area (Å²) in [4.78, 5) is 32.3. The third-order valence-electron chi connectivity index (χ3n) is 11.3. The van der Waals surface area contributed by atoms with Gasteiger partial charge >= 0.3 is 10.2 Å². The van der Waals surface area contributed by atoms with Crippen molar-refractivity contribution in [1.82, 2.24) is 24.4 Å². The summed E-state index contributed by atoms with van der Waals surface area (Å²) in [6, 6.07) is 25.9. The molecular formula is C44H53N7O5S. The first kappa shape index (κ1) is 39.8. The highest BCUT2D eigenvalue weighted by molar-refractivity contribution is 7.91. The molecule has 4 N–H and O–H groups in total. The molecule has 1 aliphatic carbocycles. The molecule has 0 radical (unpaired) electrons. The molecule has 13 heteroatoms. The Labute approximate surface area is 335 Å². The van der Waals surface area contributed by atoms with E-state index < -0.39 is 22.2 Å². The van der Waals surface area contributed by atoms with Crippen LogP contribution in [0.4, 0.5) is 5.69 Å². The summed E-state index contributed by atoms with van der Waals surface area (Å²) >= 11 is 0. The molecule has 2 aliphatic rings. The van der Waals surface area contributed by atoms with Crippen molar-refractivity contribution in [3.8, 4) is 5.75 Å². The van der Waals surface area contributed by atoms with Crippen LogP contribution in [0.25, 0.3) is 21.7 Å². The number of carbonyl (C=O) groups excluding carboxylic acids is 2. The average molecular weight is 792 g/mol. The number of fused-ring (bicyclic) bond motifs is 2. The van der Waals surface area contributed by atoms with E-state index in [1.165, 1.54) is 26.0 Å². The smallest absolute Gasteiger partial charge is 0.328 e. The molecule has 1 aliphatic heterocycles. The fraction of sp³-hybridized carbons (Fsp3) is 0.386. The van der Waals surface area contributed by atoms with Crippen molar-refractivity contribution in [3.05, 3.63) is 108 Å². The van der Waals surface area contributed by atoms with Gasteiger partial charge in [0.25, 0.3) is 5.91 Å². The van der Waals surface area contributed by atoms with Gasteiger partial charge in [-0.15, -0.1) is 0 Å². The monoisotopic (exact) mass is 791 g/mol. The quantitative estimate of drug-likeness (QED) is 0.0768. The summed E-state index contributed by atoms with van der Waals surface area (Å²) in [5.41, 5.74) is 2.02. The number of rotatable bonds is 14. The third kappa shape index (κ3) is 9.43. The topological polar surface area (TPSA) is 149 Å². The second kappa shape index (κ2) is 17.4. The number of ether oxygens (including phenoxy) is 1. The van der Waals surface area contributed by atoms with Gasteiger partial charge in [0, 0.05) is 43.5 Å². The highest BCUT2D eigenvalue weighted by atomic mass is 32.2. The van der Waals surface area contributed by atoms with Crippen LogP contribution in [0.15, 0.2) is 91.0 Å². The average Bonchev–Trinajstić information content (AvgIpc) is 3.89. The molecule has 2 heterocycles. The van der Waals surface area contributed by atoms with Gasteiger partial charge < -0.3 is 25.2 Å². The normalized spacial score (nSPS) is 17.8. The molecule has 5 aromatic rings. The molecule has 2 amide bonds. The zero-order valence-electron chi connectivity index (χ0n) is 33.0. The van der Waals surface area contributed by atoms with Gasteiger partial charge in [0.1, 0.15) is 23.3 Å². The van der Waals surface area contributed by atoms with E-state index >= 15 is 0 Å². The van der Waals surface area contributed by atoms with Crippen molar-refractivity contribution < 1.29 is 22.7 Å². The van der Waals surface area contributed by atoms with Crippen LogP contribution in [0, 0.1) is 17.2 Å². The second-order valence-corrected chi connectivity index (χ2v) is 17.3. The minimum Gasteiger partial charge on any atom is -0.497 e. The number of carbonyl (C=O) groups is 2. The van der Waals surface area contributed by atoms with E-state index in [0.29, 0.717) is 41.7 Å². The van der Waals surface area contributed by atoms with Crippen LogP contribution in [-0.4, -0.2) is 93.3 Å². The number of hydrogen-bond donors (Lipinski definition) is 4. The number of amides is 2. The number of nitrogens with one attached hydrogen (secondary N) is 4. The summed E-state index contributed by atoms with van der Waals surface area (Å²) in [6.45, 7) is 3.08. The summed E-state index contributed by atoms with van der Waals surface area (Å²) in [7, 11) is 1.39. The van der Waals surface area contributed by atoms with Gasteiger partial charge in [-0.1, -0.05) is 54.6 Å². The lowest BCUT2D eigenvalue weighted by atomic mass is 9.82. The predicted molar refractivity (Wildman–Crippen MR) is 226 cm³/mol. The Morgan fingerprint density at radius 1 is 0.860 bits per heavy atom. The van der Waals surface area contributed by atoms with E-state index in [1.54, 1.807) is 35.2 Å². The number of likely N-dealkylation sites (tertiary alicyclic amines) is 1. The van der Waals surface area contributed by atoms with Crippen LogP contribution in [0.5, 0.6) is 5.75 Å². The van der Waals surface area contributed by atoms with Gasteiger partial charge in [-0.25, -0.2) is 3.97 Å². The van der Waals surface area contributed by atoms with Crippen LogP contribution >= 0.6 is 0 Å². The minimum absolute atomic E-state index is 0.146. The van der Waals surface area contributed by atoms with E-state index in [-0.39, 0.29) is 23.5 Å². The molecule has 1 saturated heterocycles. The first-order valence-corrected chi connectivity index (χ1v) is 21.3. The van der Waals surface area contributed by atoms with Crippen LogP contribution in [-0.2, 0) is 21.4 Å². The fourth-order valence-corrected chi connectivity index (χ4v) is 9.61. The zero-order valence-corrected chi connectivity index (χ0v) is 33.8. The standard InChI is InChI=1S/C44H53N7O5S/c1-49(2)29-32-12-10-31(11-13-32)28-46-42(45)34-16-14-30(15-17-34)24-39(44(53)50-22-6-7-23-50)47-43(52)41-27-36-26-38(56-3)20-21-40(36)51(41)57(54,55)48-37-19-18-33-8-4-5-9-35(33)25-37/h4-5,8-9,14-21,25-27,31-32,39,48H,6-7,10-13,22-24,28-29H2,1-3H3,(H2,45,46)(H,47,52)/t31-,32-,39?. The molecule has 12 nitrogen and oxygen atoms in total. The Morgan fingerprint density at radius 2 is 1.56 bits per heavy atom. The first-order valence-electron chi connectivity index (χ1n) is 19.8. The van der Waals surface area contributed by atoms with Gasteiger partial charge in [-0.2, -0.15) is 8.42 Å².